The van der Waals surface area contributed by atoms with Crippen LogP contribution in [0.15, 0.2) is 0 Å². The SMILES string of the molecule is C.N.[Fe].[Ni]. The van der Waals surface area contributed by atoms with Crippen molar-refractivity contribution in [1.82, 2.24) is 6.15 Å². The number of hydrogen-bond acceptors (Lipinski definition) is 1. The van der Waals surface area contributed by atoms with Gasteiger partial charge in [0.2, 0.25) is 0 Å². The third kappa shape index (κ3) is 12.2. The second-order valence-corrected chi connectivity index (χ2v) is 0. The Morgan fingerprint density at radius 1 is 1.00 bits per heavy atom. The van der Waals surface area contributed by atoms with Gasteiger partial charge in [0.15, 0.2) is 0 Å². The molecule has 0 amide bonds. The predicted molar refractivity (Wildman–Crippen MR) is 11.8 cm³/mol. The van der Waals surface area contributed by atoms with Crippen LogP contribution in [-0.2, 0) is 33.6 Å². The number of hydrogen-bond donors (Lipinski definition) is 1. The fourth-order valence-corrected chi connectivity index (χ4v) is 0. The fraction of sp³-hybridized carbons (Fsp3) is 1.00. The first kappa shape index (κ1) is 82.9. The van der Waals surface area contributed by atoms with Gasteiger partial charge in [-0.05, 0) is 0 Å². The zero-order chi connectivity index (χ0) is 0. The molecule has 0 saturated carbocycles. The summed E-state index contributed by atoms with van der Waals surface area (Å²) in [5.41, 5.74) is 0. The average molecular weight is 148 g/mol. The van der Waals surface area contributed by atoms with Gasteiger partial charge < -0.3 is 6.15 Å². The molecule has 0 aliphatic carbocycles. The standard InChI is InChI=1S/CH4.Fe.H3N.Ni/h1H4;;1H3;. The van der Waals surface area contributed by atoms with Crippen LogP contribution in [0.3, 0.4) is 0 Å². The van der Waals surface area contributed by atoms with Gasteiger partial charge in [0, 0.05) is 33.6 Å². The molecule has 3 heteroatoms. The van der Waals surface area contributed by atoms with Crippen LogP contribution in [0, 0.1) is 0 Å². The summed E-state index contributed by atoms with van der Waals surface area (Å²) in [6.07, 6.45) is 0. The zero-order valence-electron chi connectivity index (χ0n) is 1.38. The molecule has 0 unspecified atom stereocenters. The van der Waals surface area contributed by atoms with Crippen molar-refractivity contribution in [2.75, 3.05) is 0 Å². The Bertz CT molecular complexity index is 8.00. The van der Waals surface area contributed by atoms with Crippen LogP contribution in [0.2, 0.25) is 0 Å². The Labute approximate surface area is 47.5 Å². The molecule has 0 aliphatic rings. The van der Waals surface area contributed by atoms with E-state index in [1.807, 2.05) is 0 Å². The van der Waals surface area contributed by atoms with Gasteiger partial charge >= 0.3 is 0 Å². The third-order valence-corrected chi connectivity index (χ3v) is 0. The molecule has 0 aliphatic heterocycles. The Balaban J connectivity index is 0. The molecular formula is CH7FeNNi. The van der Waals surface area contributed by atoms with Crippen molar-refractivity contribution in [2.24, 2.45) is 0 Å². The monoisotopic (exact) mass is 147 g/mol. The van der Waals surface area contributed by atoms with Gasteiger partial charge in [-0.15, -0.1) is 0 Å². The van der Waals surface area contributed by atoms with E-state index >= 15 is 0 Å². The molecular weight excluding hydrogens is 141 g/mol. The van der Waals surface area contributed by atoms with E-state index < -0.39 is 0 Å². The molecule has 0 heterocycles. The van der Waals surface area contributed by atoms with Crippen LogP contribution in [0.25, 0.3) is 0 Å². The van der Waals surface area contributed by atoms with E-state index in [0.29, 0.717) is 0 Å². The Morgan fingerprint density at radius 2 is 1.00 bits per heavy atom. The van der Waals surface area contributed by atoms with Gasteiger partial charge in [0.05, 0.1) is 0 Å². The van der Waals surface area contributed by atoms with Crippen LogP contribution in [0.4, 0.5) is 0 Å². The molecule has 0 fully saturated rings. The molecule has 0 radical (unpaired) electrons. The minimum absolute atomic E-state index is 0. The summed E-state index contributed by atoms with van der Waals surface area (Å²) in [5.74, 6) is 0. The van der Waals surface area contributed by atoms with E-state index in [4.69, 9.17) is 0 Å². The van der Waals surface area contributed by atoms with E-state index in [1.54, 1.807) is 0 Å². The minimum Gasteiger partial charge on any atom is -0.344 e. The predicted octanol–water partition coefficient (Wildman–Crippen LogP) is 0.793. The van der Waals surface area contributed by atoms with Gasteiger partial charge in [-0.1, -0.05) is 7.43 Å². The normalized spacial score (nSPS) is 0. The summed E-state index contributed by atoms with van der Waals surface area (Å²) in [7, 11) is 0. The maximum atomic E-state index is 0. The summed E-state index contributed by atoms with van der Waals surface area (Å²) < 4.78 is 0. The van der Waals surface area contributed by atoms with Crippen LogP contribution < -0.4 is 6.15 Å². The Morgan fingerprint density at radius 3 is 1.00 bits per heavy atom. The van der Waals surface area contributed by atoms with Crippen LogP contribution >= 0.6 is 0 Å². The van der Waals surface area contributed by atoms with Crippen molar-refractivity contribution in [1.29, 1.82) is 0 Å². The molecule has 0 rings (SSSR count). The van der Waals surface area contributed by atoms with E-state index in [0.717, 1.165) is 0 Å². The van der Waals surface area contributed by atoms with Crippen molar-refractivity contribution in [3.63, 3.8) is 0 Å². The van der Waals surface area contributed by atoms with Gasteiger partial charge in [-0.2, -0.15) is 0 Å². The van der Waals surface area contributed by atoms with Gasteiger partial charge in [0.25, 0.3) is 0 Å². The van der Waals surface area contributed by atoms with E-state index in [9.17, 15) is 0 Å². The van der Waals surface area contributed by atoms with Crippen molar-refractivity contribution in [2.45, 2.75) is 7.43 Å². The fourth-order valence-electron chi connectivity index (χ4n) is 0. The van der Waals surface area contributed by atoms with E-state index in [2.05, 4.69) is 0 Å². The first-order valence-corrected chi connectivity index (χ1v) is 0. The molecule has 0 spiro atoms. The quantitative estimate of drug-likeness (QED) is 0.506. The van der Waals surface area contributed by atoms with Gasteiger partial charge in [0.1, 0.15) is 0 Å². The molecule has 34 valence electrons. The summed E-state index contributed by atoms with van der Waals surface area (Å²) in [5, 5.41) is 0. The molecule has 0 saturated heterocycles. The topological polar surface area (TPSA) is 35.0 Å². The summed E-state index contributed by atoms with van der Waals surface area (Å²) in [4.78, 5) is 0. The van der Waals surface area contributed by atoms with Crippen LogP contribution in [-0.4, -0.2) is 0 Å². The average Bonchev–Trinajstić information content (AvgIpc) is 0. The molecule has 0 atom stereocenters. The second-order valence-electron chi connectivity index (χ2n) is 0. The zero-order valence-corrected chi connectivity index (χ0v) is 3.47. The Hall–Kier alpha value is 0.973. The first-order valence-electron chi connectivity index (χ1n) is 0. The number of rotatable bonds is 0. The van der Waals surface area contributed by atoms with Crippen molar-refractivity contribution in [3.05, 3.63) is 0 Å². The van der Waals surface area contributed by atoms with Crippen molar-refractivity contribution < 1.29 is 33.6 Å². The molecule has 0 aromatic carbocycles. The Kier molecular flexibility index (Phi) is 769. The van der Waals surface area contributed by atoms with Gasteiger partial charge in [-0.3, -0.25) is 0 Å². The van der Waals surface area contributed by atoms with Crippen molar-refractivity contribution in [3.8, 4) is 0 Å². The van der Waals surface area contributed by atoms with Crippen LogP contribution in [0.1, 0.15) is 7.43 Å². The molecule has 1 nitrogen and oxygen atoms in total. The smallest absolute Gasteiger partial charge is 0 e. The first-order chi connectivity index (χ1) is 0. The molecule has 4 heavy (non-hydrogen) atoms. The largest absolute Gasteiger partial charge is 0.344 e. The summed E-state index contributed by atoms with van der Waals surface area (Å²) in [6, 6.07) is 0. The van der Waals surface area contributed by atoms with Crippen molar-refractivity contribution >= 4 is 0 Å². The van der Waals surface area contributed by atoms with Gasteiger partial charge in [-0.25, -0.2) is 0 Å². The summed E-state index contributed by atoms with van der Waals surface area (Å²) in [6.45, 7) is 0. The van der Waals surface area contributed by atoms with Crippen LogP contribution in [0.5, 0.6) is 0 Å². The minimum atomic E-state index is 0. The maximum Gasteiger partial charge on any atom is 0 e. The second kappa shape index (κ2) is 37.1. The van der Waals surface area contributed by atoms with E-state index in [1.165, 1.54) is 0 Å². The molecule has 0 aromatic rings. The third-order valence-electron chi connectivity index (χ3n) is 0. The summed E-state index contributed by atoms with van der Waals surface area (Å²) >= 11 is 0. The molecule has 3 N–H and O–H groups in total. The van der Waals surface area contributed by atoms with E-state index in [-0.39, 0.29) is 47.1 Å². The maximum absolute atomic E-state index is 0. The molecule has 0 aromatic heterocycles. The molecule has 0 bridgehead atoms.